The summed E-state index contributed by atoms with van der Waals surface area (Å²) in [5, 5.41) is 0. The summed E-state index contributed by atoms with van der Waals surface area (Å²) in [5.41, 5.74) is 11.1. The normalized spacial score (nSPS) is 24.0. The number of nitrogens with two attached hydrogens (primary N) is 1. The van der Waals surface area contributed by atoms with Crippen molar-refractivity contribution < 1.29 is 0 Å². The molecular formula is C18H21BrN2. The van der Waals surface area contributed by atoms with Gasteiger partial charge in [0.1, 0.15) is 0 Å². The van der Waals surface area contributed by atoms with Gasteiger partial charge >= 0.3 is 0 Å². The van der Waals surface area contributed by atoms with E-state index in [2.05, 4.69) is 41.3 Å². The van der Waals surface area contributed by atoms with Crippen LogP contribution in [0.3, 0.4) is 0 Å². The van der Waals surface area contributed by atoms with Gasteiger partial charge in [0.2, 0.25) is 0 Å². The van der Waals surface area contributed by atoms with Gasteiger partial charge in [0.05, 0.1) is 0 Å². The van der Waals surface area contributed by atoms with E-state index in [4.69, 9.17) is 5.73 Å². The van der Waals surface area contributed by atoms with Gasteiger partial charge in [-0.15, -0.1) is 17.0 Å². The van der Waals surface area contributed by atoms with Crippen LogP contribution in [0.5, 0.6) is 0 Å². The molecule has 2 N–H and O–H groups in total. The maximum Gasteiger partial charge on any atom is 0.0351 e. The first-order valence-corrected chi connectivity index (χ1v) is 7.51. The Morgan fingerprint density at radius 3 is 2.43 bits per heavy atom. The highest BCUT2D eigenvalue weighted by Crippen LogP contribution is 2.43. The molecule has 4 rings (SSSR count). The fourth-order valence-electron chi connectivity index (χ4n) is 3.87. The molecule has 2 nitrogen and oxygen atoms in total. The number of anilines is 1. The SMILES string of the molecule is Br.Nc1ccc([C@H]2CN3CCC[C@H]3c3ccccc32)cc1. The molecule has 1 saturated heterocycles. The highest BCUT2D eigenvalue weighted by molar-refractivity contribution is 8.93. The number of nitrogen functional groups attached to an aromatic ring is 1. The fourth-order valence-corrected chi connectivity index (χ4v) is 3.87. The maximum absolute atomic E-state index is 5.83. The second-order valence-electron chi connectivity index (χ2n) is 6.00. The zero-order valence-electron chi connectivity index (χ0n) is 12.0. The fraction of sp³-hybridized carbons (Fsp3) is 0.333. The van der Waals surface area contributed by atoms with Crippen LogP contribution >= 0.6 is 17.0 Å². The largest absolute Gasteiger partial charge is 0.399 e. The zero-order valence-corrected chi connectivity index (χ0v) is 13.7. The average Bonchev–Trinajstić information content (AvgIpc) is 2.96. The van der Waals surface area contributed by atoms with Crippen LogP contribution in [0.25, 0.3) is 0 Å². The number of nitrogens with zero attached hydrogens (tertiary/aromatic N) is 1. The van der Waals surface area contributed by atoms with Gasteiger partial charge in [0.15, 0.2) is 0 Å². The van der Waals surface area contributed by atoms with Gasteiger partial charge in [0.25, 0.3) is 0 Å². The molecule has 0 unspecified atom stereocenters. The number of benzene rings is 2. The van der Waals surface area contributed by atoms with Crippen LogP contribution in [0.4, 0.5) is 5.69 Å². The number of halogens is 1. The zero-order chi connectivity index (χ0) is 13.5. The summed E-state index contributed by atoms with van der Waals surface area (Å²) >= 11 is 0. The Morgan fingerprint density at radius 2 is 1.67 bits per heavy atom. The van der Waals surface area contributed by atoms with Crippen molar-refractivity contribution in [2.45, 2.75) is 24.8 Å². The van der Waals surface area contributed by atoms with Crippen molar-refractivity contribution >= 4 is 22.7 Å². The summed E-state index contributed by atoms with van der Waals surface area (Å²) < 4.78 is 0. The van der Waals surface area contributed by atoms with E-state index >= 15 is 0 Å². The summed E-state index contributed by atoms with van der Waals surface area (Å²) in [6.45, 7) is 2.38. The van der Waals surface area contributed by atoms with Gasteiger partial charge in [-0.25, -0.2) is 0 Å². The Balaban J connectivity index is 0.00000132. The van der Waals surface area contributed by atoms with Crippen molar-refractivity contribution in [1.29, 1.82) is 0 Å². The summed E-state index contributed by atoms with van der Waals surface area (Å²) in [5.74, 6) is 0.487. The van der Waals surface area contributed by atoms with Gasteiger partial charge in [0, 0.05) is 24.2 Å². The van der Waals surface area contributed by atoms with Crippen molar-refractivity contribution in [3.63, 3.8) is 0 Å². The second kappa shape index (κ2) is 5.82. The number of rotatable bonds is 1. The van der Waals surface area contributed by atoms with Gasteiger partial charge in [-0.3, -0.25) is 4.90 Å². The van der Waals surface area contributed by atoms with Crippen LogP contribution in [0.2, 0.25) is 0 Å². The molecule has 0 aromatic heterocycles. The third kappa shape index (κ3) is 2.49. The smallest absolute Gasteiger partial charge is 0.0351 e. The lowest BCUT2D eigenvalue weighted by Crippen LogP contribution is -2.34. The van der Waals surface area contributed by atoms with E-state index in [-0.39, 0.29) is 17.0 Å². The Hall–Kier alpha value is -1.32. The molecule has 0 saturated carbocycles. The van der Waals surface area contributed by atoms with Gasteiger partial charge < -0.3 is 5.73 Å². The lowest BCUT2D eigenvalue weighted by molar-refractivity contribution is 0.230. The van der Waals surface area contributed by atoms with Crippen molar-refractivity contribution in [3.8, 4) is 0 Å². The first-order chi connectivity index (χ1) is 9.83. The molecule has 110 valence electrons. The van der Waals surface area contributed by atoms with Crippen molar-refractivity contribution in [3.05, 3.63) is 65.2 Å². The molecule has 0 spiro atoms. The monoisotopic (exact) mass is 344 g/mol. The Kier molecular flexibility index (Phi) is 4.05. The van der Waals surface area contributed by atoms with Crippen LogP contribution in [-0.2, 0) is 0 Å². The first-order valence-electron chi connectivity index (χ1n) is 7.51. The highest BCUT2D eigenvalue weighted by Gasteiger charge is 2.35. The van der Waals surface area contributed by atoms with Crippen molar-refractivity contribution in [2.24, 2.45) is 0 Å². The Labute approximate surface area is 136 Å². The highest BCUT2D eigenvalue weighted by atomic mass is 79.9. The first kappa shape index (κ1) is 14.6. The molecule has 2 heterocycles. The minimum atomic E-state index is 0. The lowest BCUT2D eigenvalue weighted by Gasteiger charge is -2.37. The van der Waals surface area contributed by atoms with Crippen LogP contribution in [0.1, 0.15) is 41.5 Å². The van der Waals surface area contributed by atoms with E-state index in [1.807, 2.05) is 12.1 Å². The van der Waals surface area contributed by atoms with E-state index in [1.165, 1.54) is 36.1 Å². The quantitative estimate of drug-likeness (QED) is 0.788. The molecule has 2 aromatic rings. The third-order valence-electron chi connectivity index (χ3n) is 4.85. The molecule has 2 aromatic carbocycles. The van der Waals surface area contributed by atoms with E-state index in [9.17, 15) is 0 Å². The molecule has 0 amide bonds. The third-order valence-corrected chi connectivity index (χ3v) is 4.85. The number of fused-ring (bicyclic) bond motifs is 3. The van der Waals surface area contributed by atoms with Crippen LogP contribution in [-0.4, -0.2) is 18.0 Å². The minimum absolute atomic E-state index is 0. The van der Waals surface area contributed by atoms with Crippen molar-refractivity contribution in [2.75, 3.05) is 18.8 Å². The lowest BCUT2D eigenvalue weighted by atomic mass is 9.81. The molecule has 0 aliphatic carbocycles. The summed E-state index contributed by atoms with van der Waals surface area (Å²) in [6.07, 6.45) is 2.64. The van der Waals surface area contributed by atoms with E-state index in [1.54, 1.807) is 0 Å². The van der Waals surface area contributed by atoms with Gasteiger partial charge in [-0.1, -0.05) is 36.4 Å². The van der Waals surface area contributed by atoms with Crippen LogP contribution in [0, 0.1) is 0 Å². The molecule has 2 aliphatic rings. The maximum atomic E-state index is 5.83. The second-order valence-corrected chi connectivity index (χ2v) is 6.00. The topological polar surface area (TPSA) is 29.3 Å². The molecule has 2 aliphatic heterocycles. The number of hydrogen-bond acceptors (Lipinski definition) is 2. The molecule has 3 heteroatoms. The van der Waals surface area contributed by atoms with E-state index in [0.29, 0.717) is 12.0 Å². The predicted molar refractivity (Wildman–Crippen MR) is 93.0 cm³/mol. The van der Waals surface area contributed by atoms with Gasteiger partial charge in [-0.2, -0.15) is 0 Å². The standard InChI is InChI=1S/C18H20N2.BrH/c19-14-9-7-13(8-10-14)17-12-20-11-3-6-18(20)16-5-2-1-4-15(16)17;/h1-2,4-5,7-10,17-18H,3,6,11-12,19H2;1H/t17-,18+;/m1./s1. The minimum Gasteiger partial charge on any atom is -0.399 e. The molecular weight excluding hydrogens is 324 g/mol. The van der Waals surface area contributed by atoms with Crippen LogP contribution in [0.15, 0.2) is 48.5 Å². The number of hydrogen-bond donors (Lipinski definition) is 1. The van der Waals surface area contributed by atoms with Crippen LogP contribution < -0.4 is 5.73 Å². The van der Waals surface area contributed by atoms with Crippen molar-refractivity contribution in [1.82, 2.24) is 4.90 Å². The average molecular weight is 345 g/mol. The molecule has 0 bridgehead atoms. The van der Waals surface area contributed by atoms with Gasteiger partial charge in [-0.05, 0) is 48.2 Å². The summed E-state index contributed by atoms with van der Waals surface area (Å²) in [7, 11) is 0. The predicted octanol–water partition coefficient (Wildman–Crippen LogP) is 4.13. The summed E-state index contributed by atoms with van der Waals surface area (Å²) in [6, 6.07) is 18.1. The Bertz CT molecular complexity index is 623. The molecule has 0 radical (unpaired) electrons. The summed E-state index contributed by atoms with van der Waals surface area (Å²) in [4.78, 5) is 2.66. The van der Waals surface area contributed by atoms with E-state index in [0.717, 1.165) is 12.2 Å². The van der Waals surface area contributed by atoms with E-state index < -0.39 is 0 Å². The Morgan fingerprint density at radius 1 is 0.952 bits per heavy atom. The molecule has 1 fully saturated rings. The molecule has 21 heavy (non-hydrogen) atoms. The molecule has 2 atom stereocenters.